The molecule has 0 amide bonds. The summed E-state index contributed by atoms with van der Waals surface area (Å²) in [5, 5.41) is 0.515. The highest BCUT2D eigenvalue weighted by molar-refractivity contribution is 7.67. The quantitative estimate of drug-likeness (QED) is 0.752. The Morgan fingerprint density at radius 1 is 1.07 bits per heavy atom. The van der Waals surface area contributed by atoms with Crippen molar-refractivity contribution in [3.63, 3.8) is 0 Å². The molecule has 1 aromatic rings. The van der Waals surface area contributed by atoms with Gasteiger partial charge in [-0.15, -0.1) is 0 Å². The maximum Gasteiger partial charge on any atom is 0.239 e. The van der Waals surface area contributed by atoms with E-state index in [-0.39, 0.29) is 5.66 Å². The zero-order chi connectivity index (χ0) is 10.0. The van der Waals surface area contributed by atoms with Crippen LogP contribution in [0.4, 0.5) is 0 Å². The van der Waals surface area contributed by atoms with Gasteiger partial charge in [0.25, 0.3) is 0 Å². The van der Waals surface area contributed by atoms with Crippen LogP contribution >= 0.6 is 7.37 Å². The molecule has 0 spiro atoms. The number of hydrogen-bond acceptors (Lipinski definition) is 1. The molecule has 0 bridgehead atoms. The van der Waals surface area contributed by atoms with E-state index in [1.165, 1.54) is 0 Å². The van der Waals surface area contributed by atoms with Crippen LogP contribution in [-0.4, -0.2) is 10.6 Å². The largest absolute Gasteiger partial charge is 0.340 e. The van der Waals surface area contributed by atoms with Crippen molar-refractivity contribution in [1.82, 2.24) is 0 Å². The minimum atomic E-state index is -3.27. The molecule has 3 heteroatoms. The molecule has 1 aliphatic rings. The van der Waals surface area contributed by atoms with Crippen molar-refractivity contribution >= 4 is 12.7 Å². The fourth-order valence-corrected chi connectivity index (χ4v) is 3.08. The summed E-state index contributed by atoms with van der Waals surface area (Å²) in [5.41, 5.74) is -0.357. The summed E-state index contributed by atoms with van der Waals surface area (Å²) < 4.78 is 12.1. The van der Waals surface area contributed by atoms with Crippen LogP contribution < -0.4 is 5.30 Å². The topological polar surface area (TPSA) is 37.3 Å². The SMILES string of the molecule is O=P(O)(c1ccccc1)C1C=CC=C1. The van der Waals surface area contributed by atoms with Gasteiger partial charge >= 0.3 is 0 Å². The molecule has 0 heterocycles. The van der Waals surface area contributed by atoms with E-state index in [0.717, 1.165) is 0 Å². The molecule has 1 atom stereocenters. The fourth-order valence-electron chi connectivity index (χ4n) is 1.47. The Hall–Kier alpha value is -1.11. The van der Waals surface area contributed by atoms with Gasteiger partial charge in [-0.2, -0.15) is 0 Å². The highest BCUT2D eigenvalue weighted by Gasteiger charge is 2.29. The average molecular weight is 206 g/mol. The molecule has 2 rings (SSSR count). The summed E-state index contributed by atoms with van der Waals surface area (Å²) in [6.07, 6.45) is 7.12. The van der Waals surface area contributed by atoms with Crippen molar-refractivity contribution in [1.29, 1.82) is 0 Å². The highest BCUT2D eigenvalue weighted by atomic mass is 31.2. The van der Waals surface area contributed by atoms with E-state index in [1.54, 1.807) is 48.6 Å². The molecule has 0 saturated heterocycles. The molecule has 1 unspecified atom stereocenters. The molecule has 0 saturated carbocycles. The van der Waals surface area contributed by atoms with Crippen LogP contribution in [0.2, 0.25) is 0 Å². The van der Waals surface area contributed by atoms with Crippen LogP contribution in [0.1, 0.15) is 0 Å². The predicted molar refractivity (Wildman–Crippen MR) is 58.0 cm³/mol. The molecule has 1 aromatic carbocycles. The van der Waals surface area contributed by atoms with E-state index < -0.39 is 7.37 Å². The minimum absolute atomic E-state index is 0.357. The Morgan fingerprint density at radius 2 is 1.64 bits per heavy atom. The molecule has 2 nitrogen and oxygen atoms in total. The standard InChI is InChI=1S/C11H11O2P/c12-14(13,11-8-4-5-9-11)10-6-2-1-3-7-10/h1-9,11H,(H,12,13). The van der Waals surface area contributed by atoms with Crippen LogP contribution in [0.5, 0.6) is 0 Å². The zero-order valence-electron chi connectivity index (χ0n) is 7.58. The summed E-state index contributed by atoms with van der Waals surface area (Å²) >= 11 is 0. The second kappa shape index (κ2) is 3.56. The summed E-state index contributed by atoms with van der Waals surface area (Å²) in [7, 11) is -3.27. The summed E-state index contributed by atoms with van der Waals surface area (Å²) in [5.74, 6) is 0. The molecular weight excluding hydrogens is 195 g/mol. The Balaban J connectivity index is 2.38. The van der Waals surface area contributed by atoms with Gasteiger partial charge in [-0.25, -0.2) is 0 Å². The first-order valence-electron chi connectivity index (χ1n) is 4.44. The van der Waals surface area contributed by atoms with Crippen molar-refractivity contribution in [3.05, 3.63) is 54.6 Å². The molecule has 1 aliphatic carbocycles. The number of rotatable bonds is 2. The first-order valence-corrected chi connectivity index (χ1v) is 6.17. The van der Waals surface area contributed by atoms with Gasteiger partial charge in [-0.3, -0.25) is 4.57 Å². The Bertz CT molecular complexity index is 408. The van der Waals surface area contributed by atoms with Gasteiger partial charge in [0.1, 0.15) is 0 Å². The molecule has 0 aliphatic heterocycles. The van der Waals surface area contributed by atoms with Crippen LogP contribution in [0.15, 0.2) is 54.6 Å². The maximum atomic E-state index is 12.1. The summed E-state index contributed by atoms with van der Waals surface area (Å²) in [6, 6.07) is 8.78. The van der Waals surface area contributed by atoms with Gasteiger partial charge in [-0.1, -0.05) is 42.5 Å². The molecule has 0 fully saturated rings. The van der Waals surface area contributed by atoms with Crippen LogP contribution in [0.3, 0.4) is 0 Å². The lowest BCUT2D eigenvalue weighted by molar-refractivity contribution is 0.488. The van der Waals surface area contributed by atoms with E-state index in [2.05, 4.69) is 0 Å². The number of benzene rings is 1. The molecule has 72 valence electrons. The predicted octanol–water partition coefficient (Wildman–Crippen LogP) is 2.08. The van der Waals surface area contributed by atoms with Crippen molar-refractivity contribution in [2.45, 2.75) is 5.66 Å². The molecule has 0 aromatic heterocycles. The second-order valence-corrected chi connectivity index (χ2v) is 5.58. The van der Waals surface area contributed by atoms with Gasteiger partial charge < -0.3 is 4.89 Å². The van der Waals surface area contributed by atoms with Crippen LogP contribution in [0.25, 0.3) is 0 Å². The van der Waals surface area contributed by atoms with E-state index >= 15 is 0 Å². The summed E-state index contributed by atoms with van der Waals surface area (Å²) in [6.45, 7) is 0. The third-order valence-corrected chi connectivity index (χ3v) is 4.45. The van der Waals surface area contributed by atoms with Crippen LogP contribution in [0, 0.1) is 0 Å². The van der Waals surface area contributed by atoms with E-state index in [9.17, 15) is 9.46 Å². The maximum absolute atomic E-state index is 12.1. The molecule has 1 N–H and O–H groups in total. The monoisotopic (exact) mass is 206 g/mol. The van der Waals surface area contributed by atoms with Gasteiger partial charge in [-0.05, 0) is 12.1 Å². The number of hydrogen-bond donors (Lipinski definition) is 1. The van der Waals surface area contributed by atoms with Crippen molar-refractivity contribution in [2.75, 3.05) is 0 Å². The second-order valence-electron chi connectivity index (χ2n) is 3.22. The smallest absolute Gasteiger partial charge is 0.239 e. The molecule has 14 heavy (non-hydrogen) atoms. The van der Waals surface area contributed by atoms with Gasteiger partial charge in [0.15, 0.2) is 0 Å². The first kappa shape index (κ1) is 9.45. The van der Waals surface area contributed by atoms with Crippen molar-refractivity contribution in [3.8, 4) is 0 Å². The molecular formula is C11H11O2P. The third-order valence-electron chi connectivity index (χ3n) is 2.26. The van der Waals surface area contributed by atoms with E-state index in [1.807, 2.05) is 6.07 Å². The van der Waals surface area contributed by atoms with Gasteiger partial charge in [0.2, 0.25) is 7.37 Å². The lowest BCUT2D eigenvalue weighted by Gasteiger charge is -2.15. The Labute approximate surface area is 83.0 Å². The minimum Gasteiger partial charge on any atom is -0.340 e. The van der Waals surface area contributed by atoms with Crippen LogP contribution in [-0.2, 0) is 4.57 Å². The van der Waals surface area contributed by atoms with Crippen molar-refractivity contribution < 1.29 is 9.46 Å². The highest BCUT2D eigenvalue weighted by Crippen LogP contribution is 2.47. The van der Waals surface area contributed by atoms with Gasteiger partial charge in [0.05, 0.1) is 5.66 Å². The Kier molecular flexibility index (Phi) is 2.40. The van der Waals surface area contributed by atoms with E-state index in [0.29, 0.717) is 5.30 Å². The number of allylic oxidation sites excluding steroid dienone is 4. The van der Waals surface area contributed by atoms with Crippen molar-refractivity contribution in [2.24, 2.45) is 0 Å². The molecule has 0 radical (unpaired) electrons. The van der Waals surface area contributed by atoms with E-state index in [4.69, 9.17) is 0 Å². The third kappa shape index (κ3) is 1.59. The fraction of sp³-hybridized carbons (Fsp3) is 0.0909. The zero-order valence-corrected chi connectivity index (χ0v) is 8.47. The van der Waals surface area contributed by atoms with Gasteiger partial charge in [0, 0.05) is 5.30 Å². The Morgan fingerprint density at radius 3 is 2.21 bits per heavy atom. The first-order chi connectivity index (χ1) is 6.71. The normalized spacial score (nSPS) is 19.8. The lowest BCUT2D eigenvalue weighted by Crippen LogP contribution is -2.12. The average Bonchev–Trinajstić information content (AvgIpc) is 2.72. The summed E-state index contributed by atoms with van der Waals surface area (Å²) in [4.78, 5) is 9.94. The lowest BCUT2D eigenvalue weighted by atomic mass is 10.4.